The van der Waals surface area contributed by atoms with E-state index in [9.17, 15) is 9.00 Å². The fraction of sp³-hybridized carbons (Fsp3) is 0.138. The Morgan fingerprint density at radius 1 is 0.806 bits per heavy atom. The van der Waals surface area contributed by atoms with E-state index in [0.717, 1.165) is 11.1 Å². The first-order valence-electron chi connectivity index (χ1n) is 11.5. The Hall–Kier alpha value is -3.12. The molecule has 36 heavy (non-hydrogen) atoms. The molecular weight excluding hydrogens is 511 g/mol. The number of nitrogens with one attached hydrogen (secondary N) is 1. The highest BCUT2D eigenvalue weighted by Gasteiger charge is 2.27. The van der Waals surface area contributed by atoms with Crippen molar-refractivity contribution >= 4 is 45.6 Å². The first kappa shape index (κ1) is 26.0. The van der Waals surface area contributed by atoms with E-state index in [1.807, 2.05) is 66.7 Å². The van der Waals surface area contributed by atoms with Gasteiger partial charge in [-0.05, 0) is 46.5 Å². The van der Waals surface area contributed by atoms with Gasteiger partial charge in [0.25, 0.3) is 0 Å². The largest absolute Gasteiger partial charge is 0.398 e. The highest BCUT2D eigenvalue weighted by atomic mass is 35.5. The van der Waals surface area contributed by atoms with Gasteiger partial charge in [0.1, 0.15) is 5.75 Å². The average molecular weight is 538 g/mol. The number of carbonyl (C=O) groups is 1. The van der Waals surface area contributed by atoms with E-state index in [0.29, 0.717) is 33.4 Å². The molecule has 4 aromatic carbocycles. The molecule has 4 nitrogen and oxygen atoms in total. The number of anilines is 1. The molecule has 7 heteroatoms. The van der Waals surface area contributed by atoms with Crippen LogP contribution >= 0.6 is 23.2 Å². The number of amides is 1. The summed E-state index contributed by atoms with van der Waals surface area (Å²) in [5.74, 6) is -0.561. The zero-order valence-electron chi connectivity index (χ0n) is 19.4. The summed E-state index contributed by atoms with van der Waals surface area (Å²) in [6.45, 7) is 0.375. The van der Waals surface area contributed by atoms with Crippen LogP contribution in [0, 0.1) is 0 Å². The topological polar surface area (TPSA) is 72.2 Å². The van der Waals surface area contributed by atoms with Gasteiger partial charge >= 0.3 is 0 Å². The zero-order valence-corrected chi connectivity index (χ0v) is 21.8. The summed E-state index contributed by atoms with van der Waals surface area (Å²) < 4.78 is 13.6. The van der Waals surface area contributed by atoms with E-state index in [2.05, 4.69) is 5.32 Å². The van der Waals surface area contributed by atoms with Crippen molar-refractivity contribution in [3.8, 4) is 0 Å². The van der Waals surface area contributed by atoms with Gasteiger partial charge in [-0.25, -0.2) is 0 Å². The lowest BCUT2D eigenvalue weighted by Gasteiger charge is -2.22. The summed E-state index contributed by atoms with van der Waals surface area (Å²) >= 11 is 12.7. The molecule has 0 heterocycles. The molecule has 0 bridgehead atoms. The molecule has 2 atom stereocenters. The lowest BCUT2D eigenvalue weighted by Crippen LogP contribution is -2.33. The smallest absolute Gasteiger partial charge is 0.232 e. The third kappa shape index (κ3) is 6.35. The van der Waals surface area contributed by atoms with Crippen LogP contribution in [0.4, 0.5) is 5.69 Å². The summed E-state index contributed by atoms with van der Waals surface area (Å²) in [5, 5.41) is 3.19. The van der Waals surface area contributed by atoms with E-state index in [4.69, 9.17) is 28.9 Å². The molecule has 1 amide bonds. The summed E-state index contributed by atoms with van der Waals surface area (Å²) in [6, 6.07) is 32.2. The molecule has 0 spiro atoms. The van der Waals surface area contributed by atoms with Crippen LogP contribution in [0.15, 0.2) is 103 Å². The first-order chi connectivity index (χ1) is 17.4. The minimum atomic E-state index is -1.66. The summed E-state index contributed by atoms with van der Waals surface area (Å²) in [7, 11) is -1.66. The Bertz CT molecular complexity index is 1310. The number of rotatable bonds is 9. The molecule has 4 rings (SSSR count). The number of hydrogen-bond acceptors (Lipinski definition) is 3. The van der Waals surface area contributed by atoms with E-state index in [-0.39, 0.29) is 17.6 Å². The van der Waals surface area contributed by atoms with Gasteiger partial charge in [-0.1, -0.05) is 102 Å². The van der Waals surface area contributed by atoms with Gasteiger partial charge in [0.15, 0.2) is 0 Å². The molecule has 0 aliphatic heterocycles. The molecule has 2 unspecified atom stereocenters. The van der Waals surface area contributed by atoms with Crippen molar-refractivity contribution in [2.45, 2.75) is 11.2 Å². The lowest BCUT2D eigenvalue weighted by molar-refractivity contribution is -0.118. The van der Waals surface area contributed by atoms with Crippen molar-refractivity contribution in [1.29, 1.82) is 0 Å². The molecule has 0 aliphatic rings. The SMILES string of the molecule is Nc1ccc(Cl)cc1C(c1ccccc1Cl)S(=O)CC(=O)NCC(c1ccccc1)c1ccccc1. The minimum absolute atomic E-state index is 0.0345. The number of nitrogens with two attached hydrogens (primary N) is 1. The molecule has 4 aromatic rings. The first-order valence-corrected chi connectivity index (χ1v) is 13.6. The second-order valence-electron chi connectivity index (χ2n) is 8.38. The number of carbonyl (C=O) groups excluding carboxylic acids is 1. The van der Waals surface area contributed by atoms with Crippen LogP contribution in [0.3, 0.4) is 0 Å². The van der Waals surface area contributed by atoms with Gasteiger partial charge in [-0.15, -0.1) is 0 Å². The van der Waals surface area contributed by atoms with Gasteiger partial charge in [0.05, 0.1) is 5.25 Å². The van der Waals surface area contributed by atoms with Crippen molar-refractivity contribution in [3.05, 3.63) is 135 Å². The lowest BCUT2D eigenvalue weighted by atomic mass is 9.91. The van der Waals surface area contributed by atoms with E-state index >= 15 is 0 Å². The molecule has 184 valence electrons. The maximum atomic E-state index is 13.6. The van der Waals surface area contributed by atoms with Crippen LogP contribution in [0.1, 0.15) is 33.4 Å². The van der Waals surface area contributed by atoms with Crippen molar-refractivity contribution in [2.75, 3.05) is 18.0 Å². The molecule has 0 radical (unpaired) electrons. The monoisotopic (exact) mass is 536 g/mol. The quantitative estimate of drug-likeness (QED) is 0.244. The van der Waals surface area contributed by atoms with Crippen molar-refractivity contribution in [2.24, 2.45) is 0 Å². The standard InChI is InChI=1S/C29H26Cl2N2O2S/c30-22-15-16-27(32)24(17-22)29(23-13-7-8-14-26(23)31)36(35)19-28(34)33-18-25(20-9-3-1-4-10-20)21-11-5-2-6-12-21/h1-17,25,29H,18-19,32H2,(H,33,34). The fourth-order valence-electron chi connectivity index (χ4n) is 4.19. The predicted molar refractivity (Wildman–Crippen MR) is 150 cm³/mol. The van der Waals surface area contributed by atoms with Crippen LogP contribution in [0.5, 0.6) is 0 Å². The maximum absolute atomic E-state index is 13.6. The average Bonchev–Trinajstić information content (AvgIpc) is 2.89. The third-order valence-electron chi connectivity index (χ3n) is 5.96. The Labute approximate surface area is 223 Å². The minimum Gasteiger partial charge on any atom is -0.398 e. The van der Waals surface area contributed by atoms with Crippen LogP contribution in [-0.2, 0) is 15.6 Å². The summed E-state index contributed by atoms with van der Waals surface area (Å²) in [4.78, 5) is 13.0. The fourth-order valence-corrected chi connectivity index (χ4v) is 6.18. The number of hydrogen-bond donors (Lipinski definition) is 2. The number of benzene rings is 4. The summed E-state index contributed by atoms with van der Waals surface area (Å²) in [6.07, 6.45) is 0. The Balaban J connectivity index is 1.55. The van der Waals surface area contributed by atoms with E-state index < -0.39 is 16.0 Å². The molecule has 0 fully saturated rings. The highest BCUT2D eigenvalue weighted by Crippen LogP contribution is 2.37. The highest BCUT2D eigenvalue weighted by molar-refractivity contribution is 7.86. The number of nitrogen functional groups attached to an aromatic ring is 1. The van der Waals surface area contributed by atoms with Crippen molar-refractivity contribution in [3.63, 3.8) is 0 Å². The normalized spacial score (nSPS) is 12.8. The maximum Gasteiger partial charge on any atom is 0.232 e. The second kappa shape index (κ2) is 12.2. The van der Waals surface area contributed by atoms with E-state index in [1.165, 1.54) is 0 Å². The number of halogens is 2. The molecule has 0 aliphatic carbocycles. The molecule has 0 saturated heterocycles. The third-order valence-corrected chi connectivity index (χ3v) is 8.12. The Morgan fingerprint density at radius 2 is 1.39 bits per heavy atom. The van der Waals surface area contributed by atoms with E-state index in [1.54, 1.807) is 36.4 Å². The molecule has 0 aromatic heterocycles. The molecule has 3 N–H and O–H groups in total. The van der Waals surface area contributed by atoms with Crippen LogP contribution in [-0.4, -0.2) is 22.4 Å². The predicted octanol–water partition coefficient (Wildman–Crippen LogP) is 6.36. The Kier molecular flexibility index (Phi) is 8.81. The Morgan fingerprint density at radius 3 is 2.00 bits per heavy atom. The van der Waals surface area contributed by atoms with Gasteiger partial charge in [-0.3, -0.25) is 9.00 Å². The zero-order chi connectivity index (χ0) is 25.5. The van der Waals surface area contributed by atoms with Crippen molar-refractivity contribution in [1.82, 2.24) is 5.32 Å². The van der Waals surface area contributed by atoms with Gasteiger partial charge in [0, 0.05) is 39.0 Å². The van der Waals surface area contributed by atoms with Gasteiger partial charge < -0.3 is 11.1 Å². The van der Waals surface area contributed by atoms with Crippen LogP contribution in [0.2, 0.25) is 10.0 Å². The summed E-state index contributed by atoms with van der Waals surface area (Å²) in [5.41, 5.74) is 10.1. The van der Waals surface area contributed by atoms with Gasteiger partial charge in [-0.2, -0.15) is 0 Å². The van der Waals surface area contributed by atoms with Crippen molar-refractivity contribution < 1.29 is 9.00 Å². The van der Waals surface area contributed by atoms with Gasteiger partial charge in [0.2, 0.25) is 5.91 Å². The van der Waals surface area contributed by atoms with Crippen LogP contribution in [0.25, 0.3) is 0 Å². The molecular formula is C29H26Cl2N2O2S. The molecule has 0 saturated carbocycles. The van der Waals surface area contributed by atoms with Crippen LogP contribution < -0.4 is 11.1 Å². The second-order valence-corrected chi connectivity index (χ2v) is 10.7.